The summed E-state index contributed by atoms with van der Waals surface area (Å²) in [4.78, 5) is 3.12. The van der Waals surface area contributed by atoms with Gasteiger partial charge in [-0.1, -0.05) is 31.2 Å². The van der Waals surface area contributed by atoms with Gasteiger partial charge < -0.3 is 5.32 Å². The number of thiophene rings is 1. The van der Waals surface area contributed by atoms with Crippen molar-refractivity contribution in [3.8, 4) is 0 Å². The van der Waals surface area contributed by atoms with E-state index in [4.69, 9.17) is 0 Å². The minimum atomic E-state index is 0.367. The summed E-state index contributed by atoms with van der Waals surface area (Å²) in [5.74, 6) is 0. The second kappa shape index (κ2) is 6.11. The molecular formula is C18H23NS. The maximum absolute atomic E-state index is 3.74. The Morgan fingerprint density at radius 1 is 1.25 bits per heavy atom. The van der Waals surface area contributed by atoms with Crippen LogP contribution in [0.15, 0.2) is 30.3 Å². The zero-order chi connectivity index (χ0) is 13.9. The lowest BCUT2D eigenvalue weighted by Gasteiger charge is -2.20. The maximum Gasteiger partial charge on any atom is 0.0673 e. The third kappa shape index (κ3) is 2.68. The van der Waals surface area contributed by atoms with Gasteiger partial charge in [-0.25, -0.2) is 0 Å². The average molecular weight is 285 g/mol. The van der Waals surface area contributed by atoms with Crippen LogP contribution in [0.5, 0.6) is 0 Å². The molecule has 1 aliphatic rings. The Kier molecular flexibility index (Phi) is 4.23. The summed E-state index contributed by atoms with van der Waals surface area (Å²) in [5, 5.41) is 3.74. The molecule has 1 N–H and O–H groups in total. The van der Waals surface area contributed by atoms with Gasteiger partial charge in [-0.3, -0.25) is 0 Å². The van der Waals surface area contributed by atoms with Crippen molar-refractivity contribution in [3.63, 3.8) is 0 Å². The summed E-state index contributed by atoms with van der Waals surface area (Å²) in [6, 6.07) is 11.6. The monoisotopic (exact) mass is 285 g/mol. The molecule has 0 amide bonds. The van der Waals surface area contributed by atoms with Crippen LogP contribution < -0.4 is 5.32 Å². The van der Waals surface area contributed by atoms with E-state index < -0.39 is 0 Å². The van der Waals surface area contributed by atoms with Gasteiger partial charge in [-0.15, -0.1) is 11.3 Å². The van der Waals surface area contributed by atoms with Crippen LogP contribution in [0.25, 0.3) is 0 Å². The van der Waals surface area contributed by atoms with Crippen LogP contribution in [-0.2, 0) is 12.8 Å². The van der Waals surface area contributed by atoms with E-state index in [0.29, 0.717) is 6.04 Å². The number of aryl methyl sites for hydroxylation is 3. The van der Waals surface area contributed by atoms with E-state index in [-0.39, 0.29) is 0 Å². The number of benzene rings is 1. The SMILES string of the molecule is CCCNC(c1cc2c(s1)CCC2)c1ccccc1C. The molecule has 20 heavy (non-hydrogen) atoms. The zero-order valence-electron chi connectivity index (χ0n) is 12.4. The Morgan fingerprint density at radius 2 is 2.10 bits per heavy atom. The normalized spacial score (nSPS) is 15.3. The fourth-order valence-corrected chi connectivity index (χ4v) is 4.41. The summed E-state index contributed by atoms with van der Waals surface area (Å²) in [6.07, 6.45) is 5.08. The fraction of sp³-hybridized carbons (Fsp3) is 0.444. The molecule has 1 heterocycles. The third-order valence-corrected chi connectivity index (χ3v) is 5.45. The van der Waals surface area contributed by atoms with Crippen LogP contribution in [0.2, 0.25) is 0 Å². The number of hydrogen-bond donors (Lipinski definition) is 1. The Hall–Kier alpha value is -1.12. The molecule has 1 atom stereocenters. The average Bonchev–Trinajstić information content (AvgIpc) is 3.02. The molecule has 2 heteroatoms. The van der Waals surface area contributed by atoms with Gasteiger partial charge in [0.05, 0.1) is 6.04 Å². The minimum absolute atomic E-state index is 0.367. The standard InChI is InChI=1S/C18H23NS/c1-3-11-19-18(15-9-5-4-7-13(15)2)17-12-14-8-6-10-16(14)20-17/h4-5,7,9,12,18-19H,3,6,8,10-11H2,1-2H3. The predicted molar refractivity (Wildman–Crippen MR) is 87.7 cm³/mol. The highest BCUT2D eigenvalue weighted by Crippen LogP contribution is 2.36. The largest absolute Gasteiger partial charge is 0.306 e. The summed E-state index contributed by atoms with van der Waals surface area (Å²) in [7, 11) is 0. The quantitative estimate of drug-likeness (QED) is 0.844. The number of nitrogens with one attached hydrogen (secondary N) is 1. The molecule has 0 saturated heterocycles. The molecule has 2 aromatic rings. The molecule has 0 radical (unpaired) electrons. The Balaban J connectivity index is 1.95. The summed E-state index contributed by atoms with van der Waals surface area (Å²) in [5.41, 5.74) is 4.41. The Bertz CT molecular complexity index is 563. The maximum atomic E-state index is 3.74. The van der Waals surface area contributed by atoms with E-state index in [2.05, 4.69) is 49.5 Å². The zero-order valence-corrected chi connectivity index (χ0v) is 13.2. The van der Waals surface area contributed by atoms with Crippen LogP contribution >= 0.6 is 11.3 Å². The van der Waals surface area contributed by atoms with Crippen molar-refractivity contribution in [2.75, 3.05) is 6.54 Å². The van der Waals surface area contributed by atoms with Crippen molar-refractivity contribution in [1.29, 1.82) is 0 Å². The highest BCUT2D eigenvalue weighted by Gasteiger charge is 2.21. The van der Waals surface area contributed by atoms with E-state index in [9.17, 15) is 0 Å². The summed E-state index contributed by atoms with van der Waals surface area (Å²) in [6.45, 7) is 5.52. The van der Waals surface area contributed by atoms with Crippen molar-refractivity contribution < 1.29 is 0 Å². The number of rotatable bonds is 5. The van der Waals surface area contributed by atoms with Gasteiger partial charge in [0, 0.05) is 9.75 Å². The van der Waals surface area contributed by atoms with Crippen molar-refractivity contribution in [3.05, 3.63) is 56.8 Å². The smallest absolute Gasteiger partial charge is 0.0673 e. The van der Waals surface area contributed by atoms with Crippen molar-refractivity contribution in [2.24, 2.45) is 0 Å². The van der Waals surface area contributed by atoms with Crippen LogP contribution in [-0.4, -0.2) is 6.54 Å². The number of hydrogen-bond acceptors (Lipinski definition) is 2. The van der Waals surface area contributed by atoms with Gasteiger partial charge in [0.2, 0.25) is 0 Å². The molecule has 0 fully saturated rings. The second-order valence-electron chi connectivity index (χ2n) is 5.69. The molecule has 1 nitrogen and oxygen atoms in total. The molecule has 0 saturated carbocycles. The summed E-state index contributed by atoms with van der Waals surface area (Å²) < 4.78 is 0. The second-order valence-corrected chi connectivity index (χ2v) is 6.86. The van der Waals surface area contributed by atoms with Crippen molar-refractivity contribution in [2.45, 2.75) is 45.6 Å². The molecule has 1 aromatic heterocycles. The number of fused-ring (bicyclic) bond motifs is 1. The molecule has 1 aliphatic carbocycles. The lowest BCUT2D eigenvalue weighted by atomic mass is 9.99. The van der Waals surface area contributed by atoms with E-state index in [1.807, 2.05) is 11.3 Å². The molecule has 0 spiro atoms. The molecule has 0 aliphatic heterocycles. The van der Waals surface area contributed by atoms with Crippen LogP contribution in [0.4, 0.5) is 0 Å². The molecule has 0 bridgehead atoms. The lowest BCUT2D eigenvalue weighted by molar-refractivity contribution is 0.603. The first-order valence-electron chi connectivity index (χ1n) is 7.70. The van der Waals surface area contributed by atoms with Crippen LogP contribution in [0.3, 0.4) is 0 Å². The van der Waals surface area contributed by atoms with Gasteiger partial charge in [0.15, 0.2) is 0 Å². The van der Waals surface area contributed by atoms with Gasteiger partial charge in [0.25, 0.3) is 0 Å². The van der Waals surface area contributed by atoms with Gasteiger partial charge in [-0.05, 0) is 61.9 Å². The van der Waals surface area contributed by atoms with E-state index in [1.54, 1.807) is 10.4 Å². The molecule has 3 rings (SSSR count). The van der Waals surface area contributed by atoms with Gasteiger partial charge >= 0.3 is 0 Å². The Morgan fingerprint density at radius 3 is 2.85 bits per heavy atom. The van der Waals surface area contributed by atoms with Crippen LogP contribution in [0, 0.1) is 6.92 Å². The van der Waals surface area contributed by atoms with Crippen LogP contribution in [0.1, 0.15) is 52.3 Å². The minimum Gasteiger partial charge on any atom is -0.306 e. The predicted octanol–water partition coefficient (Wildman–Crippen LogP) is 4.63. The lowest BCUT2D eigenvalue weighted by Crippen LogP contribution is -2.23. The van der Waals surface area contributed by atoms with E-state index in [1.165, 1.54) is 41.7 Å². The van der Waals surface area contributed by atoms with Crippen molar-refractivity contribution in [1.82, 2.24) is 5.32 Å². The molecule has 1 aromatic carbocycles. The Labute approximate surface area is 126 Å². The van der Waals surface area contributed by atoms with Gasteiger partial charge in [0.1, 0.15) is 0 Å². The summed E-state index contributed by atoms with van der Waals surface area (Å²) >= 11 is 2.02. The van der Waals surface area contributed by atoms with Crippen molar-refractivity contribution >= 4 is 11.3 Å². The van der Waals surface area contributed by atoms with E-state index in [0.717, 1.165) is 6.54 Å². The highest BCUT2D eigenvalue weighted by molar-refractivity contribution is 7.12. The third-order valence-electron chi connectivity index (χ3n) is 4.15. The fourth-order valence-electron chi connectivity index (χ4n) is 3.06. The van der Waals surface area contributed by atoms with E-state index >= 15 is 0 Å². The first-order valence-corrected chi connectivity index (χ1v) is 8.51. The highest BCUT2D eigenvalue weighted by atomic mass is 32.1. The first kappa shape index (κ1) is 13.8. The van der Waals surface area contributed by atoms with Gasteiger partial charge in [-0.2, -0.15) is 0 Å². The molecular weight excluding hydrogens is 262 g/mol. The molecule has 1 unspecified atom stereocenters. The molecule has 106 valence electrons. The topological polar surface area (TPSA) is 12.0 Å². The first-order chi connectivity index (χ1) is 9.79.